The molecule has 3 rings (SSSR count). The third-order valence-electron chi connectivity index (χ3n) is 8.11. The van der Waals surface area contributed by atoms with E-state index in [2.05, 4.69) is 112 Å². The predicted octanol–water partition coefficient (Wildman–Crippen LogP) is 7.45. The van der Waals surface area contributed by atoms with Crippen LogP contribution in [0.1, 0.15) is 87.5 Å². The Morgan fingerprint density at radius 2 is 1.50 bits per heavy atom. The molecule has 0 amide bonds. The van der Waals surface area contributed by atoms with Crippen molar-refractivity contribution in [3.63, 3.8) is 0 Å². The molecule has 0 heterocycles. The van der Waals surface area contributed by atoms with E-state index in [1.807, 2.05) is 20.8 Å². The summed E-state index contributed by atoms with van der Waals surface area (Å²) in [4.78, 5) is 17.7. The predicted molar refractivity (Wildman–Crippen MR) is 179 cm³/mol. The van der Waals surface area contributed by atoms with Gasteiger partial charge in [-0.2, -0.15) is 0 Å². The fraction of sp³-hybridized carbons (Fsp3) is 0.568. The monoisotopic (exact) mass is 587 g/mol. The molecule has 42 heavy (non-hydrogen) atoms. The van der Waals surface area contributed by atoms with Crippen molar-refractivity contribution in [2.24, 2.45) is 28.7 Å². The molecule has 0 radical (unpaired) electrons. The van der Waals surface area contributed by atoms with Crippen molar-refractivity contribution >= 4 is 30.4 Å². The summed E-state index contributed by atoms with van der Waals surface area (Å²) in [5, 5.41) is 2.38. The molecule has 0 bridgehead atoms. The first-order valence-electron chi connectivity index (χ1n) is 15.7. The van der Waals surface area contributed by atoms with Crippen LogP contribution < -0.4 is 10.4 Å². The molecule has 5 heteroatoms. The van der Waals surface area contributed by atoms with Crippen molar-refractivity contribution < 1.29 is 14.0 Å². The number of nitrogens with zero attached hydrogens (tertiary/aromatic N) is 1. The van der Waals surface area contributed by atoms with Crippen LogP contribution >= 0.6 is 0 Å². The zero-order valence-corrected chi connectivity index (χ0v) is 28.5. The van der Waals surface area contributed by atoms with Gasteiger partial charge in [0.1, 0.15) is 5.60 Å². The van der Waals surface area contributed by atoms with Crippen molar-refractivity contribution in [1.82, 2.24) is 0 Å². The van der Waals surface area contributed by atoms with Gasteiger partial charge in [-0.1, -0.05) is 107 Å². The summed E-state index contributed by atoms with van der Waals surface area (Å²) in [6.45, 7) is 17.7. The molecule has 1 atom stereocenters. The van der Waals surface area contributed by atoms with Crippen LogP contribution in [0.25, 0.3) is 0 Å². The summed E-state index contributed by atoms with van der Waals surface area (Å²) >= 11 is 0. The molecule has 0 aliphatic heterocycles. The first-order valence-corrected chi connectivity index (χ1v) is 17.6. The average molecular weight is 588 g/mol. The lowest BCUT2D eigenvalue weighted by atomic mass is 9.71. The SMILES string of the molecule is CN=C(C#CC1CC(CC(C)C)C1)[C@H](CCO[Si](c1ccccc1)(c1ccccc1)C(C)(C)C)CC(=O)OC(C)(C)C. The second kappa shape index (κ2) is 14.7. The second-order valence-corrected chi connectivity index (χ2v) is 18.6. The first kappa shape index (κ1) is 33.8. The molecule has 0 spiro atoms. The molecule has 2 aromatic carbocycles. The maximum atomic E-state index is 13.0. The van der Waals surface area contributed by atoms with Crippen LogP contribution in [0.4, 0.5) is 0 Å². The summed E-state index contributed by atoms with van der Waals surface area (Å²) < 4.78 is 12.9. The van der Waals surface area contributed by atoms with E-state index >= 15 is 0 Å². The van der Waals surface area contributed by atoms with E-state index in [9.17, 15) is 4.79 Å². The van der Waals surface area contributed by atoms with E-state index in [1.54, 1.807) is 7.05 Å². The maximum absolute atomic E-state index is 13.0. The highest BCUT2D eigenvalue weighted by atomic mass is 28.4. The Morgan fingerprint density at radius 1 is 0.952 bits per heavy atom. The minimum Gasteiger partial charge on any atom is -0.460 e. The van der Waals surface area contributed by atoms with Gasteiger partial charge in [0.15, 0.2) is 0 Å². The fourth-order valence-corrected chi connectivity index (χ4v) is 10.8. The molecule has 0 N–H and O–H groups in total. The molecule has 1 fully saturated rings. The van der Waals surface area contributed by atoms with Crippen LogP contribution in [0, 0.1) is 35.5 Å². The number of carbonyl (C=O) groups is 1. The minimum absolute atomic E-state index is 0.116. The molecule has 1 aliphatic rings. The molecule has 1 aliphatic carbocycles. The normalized spacial score (nSPS) is 18.6. The lowest BCUT2D eigenvalue weighted by molar-refractivity contribution is -0.155. The molecule has 0 saturated heterocycles. The van der Waals surface area contributed by atoms with Crippen molar-refractivity contribution in [2.45, 2.75) is 98.1 Å². The Bertz CT molecular complexity index is 1180. The van der Waals surface area contributed by atoms with Gasteiger partial charge in [0.2, 0.25) is 0 Å². The van der Waals surface area contributed by atoms with Crippen LogP contribution in [0.2, 0.25) is 5.04 Å². The zero-order chi connectivity index (χ0) is 31.0. The van der Waals surface area contributed by atoms with Crippen molar-refractivity contribution in [1.29, 1.82) is 0 Å². The molecule has 228 valence electrons. The Balaban J connectivity index is 1.87. The molecule has 4 nitrogen and oxygen atoms in total. The third-order valence-corrected chi connectivity index (χ3v) is 13.1. The van der Waals surface area contributed by atoms with Crippen LogP contribution in [0.3, 0.4) is 0 Å². The van der Waals surface area contributed by atoms with Gasteiger partial charge in [-0.15, -0.1) is 0 Å². The second-order valence-electron chi connectivity index (χ2n) is 14.3. The van der Waals surface area contributed by atoms with Crippen molar-refractivity contribution in [3.8, 4) is 11.8 Å². The van der Waals surface area contributed by atoms with Gasteiger partial charge in [0, 0.05) is 25.5 Å². The molecule has 2 aromatic rings. The Morgan fingerprint density at radius 3 is 1.95 bits per heavy atom. The lowest BCUT2D eigenvalue weighted by Gasteiger charge is -2.43. The van der Waals surface area contributed by atoms with Crippen LogP contribution in [0.5, 0.6) is 0 Å². The van der Waals surface area contributed by atoms with Gasteiger partial charge in [-0.25, -0.2) is 0 Å². The molecular formula is C37H53NO3Si. The van der Waals surface area contributed by atoms with Gasteiger partial charge in [0.05, 0.1) is 12.1 Å². The summed E-state index contributed by atoms with van der Waals surface area (Å²) in [5.74, 6) is 8.44. The third kappa shape index (κ3) is 9.16. The van der Waals surface area contributed by atoms with E-state index in [1.165, 1.54) is 16.8 Å². The number of ether oxygens (including phenoxy) is 1. The quantitative estimate of drug-likeness (QED) is 0.119. The van der Waals surface area contributed by atoms with E-state index in [4.69, 9.17) is 9.16 Å². The summed E-state index contributed by atoms with van der Waals surface area (Å²) in [6, 6.07) is 21.3. The standard InChI is InChI=1S/C37H53NO3Si/c1-28(2)24-30-25-29(26-30)20-21-34(38-9)31(27-35(39)41-36(3,4)5)22-23-40-42(37(6,7)8,32-16-12-10-13-17-32)33-18-14-11-15-19-33/h10-19,28-31H,22-27H2,1-9H3/t29?,30?,31-/m1/s1. The van der Waals surface area contributed by atoms with E-state index in [0.29, 0.717) is 18.9 Å². The number of esters is 1. The van der Waals surface area contributed by atoms with Gasteiger partial charge >= 0.3 is 5.97 Å². The number of carbonyl (C=O) groups excluding carboxylic acids is 1. The van der Waals surface area contributed by atoms with Gasteiger partial charge < -0.3 is 9.16 Å². The number of aliphatic imine (C=N–C) groups is 1. The van der Waals surface area contributed by atoms with Crippen molar-refractivity contribution in [2.75, 3.05) is 13.7 Å². The highest BCUT2D eigenvalue weighted by Gasteiger charge is 2.50. The molecule has 1 saturated carbocycles. The van der Waals surface area contributed by atoms with E-state index in [-0.39, 0.29) is 23.3 Å². The van der Waals surface area contributed by atoms with Crippen LogP contribution in [0.15, 0.2) is 65.7 Å². The summed E-state index contributed by atoms with van der Waals surface area (Å²) in [5.41, 5.74) is 0.235. The largest absolute Gasteiger partial charge is 0.460 e. The topological polar surface area (TPSA) is 47.9 Å². The first-order chi connectivity index (χ1) is 19.7. The zero-order valence-electron chi connectivity index (χ0n) is 27.5. The van der Waals surface area contributed by atoms with E-state index < -0.39 is 13.9 Å². The van der Waals surface area contributed by atoms with Gasteiger partial charge in [-0.3, -0.25) is 9.79 Å². The fourth-order valence-electron chi connectivity index (χ4n) is 6.26. The lowest BCUT2D eigenvalue weighted by Crippen LogP contribution is -2.66. The van der Waals surface area contributed by atoms with Gasteiger partial charge in [0.25, 0.3) is 8.32 Å². The Labute approximate surface area is 256 Å². The molecule has 0 unspecified atom stereocenters. The Hall–Kier alpha value is -2.68. The summed E-state index contributed by atoms with van der Waals surface area (Å²) in [7, 11) is -0.897. The Kier molecular flexibility index (Phi) is 11.8. The number of benzene rings is 2. The smallest absolute Gasteiger partial charge is 0.307 e. The van der Waals surface area contributed by atoms with E-state index in [0.717, 1.165) is 30.4 Å². The number of rotatable bonds is 11. The highest BCUT2D eigenvalue weighted by Crippen LogP contribution is 2.38. The summed E-state index contributed by atoms with van der Waals surface area (Å²) in [6.07, 6.45) is 4.48. The van der Waals surface area contributed by atoms with Crippen molar-refractivity contribution in [3.05, 3.63) is 60.7 Å². The minimum atomic E-state index is -2.69. The van der Waals surface area contributed by atoms with Crippen LogP contribution in [-0.2, 0) is 14.0 Å². The molecular weight excluding hydrogens is 534 g/mol. The van der Waals surface area contributed by atoms with Crippen LogP contribution in [-0.4, -0.2) is 39.3 Å². The number of hydrogen-bond acceptors (Lipinski definition) is 4. The average Bonchev–Trinajstić information content (AvgIpc) is 2.88. The maximum Gasteiger partial charge on any atom is 0.307 e. The molecule has 0 aromatic heterocycles. The highest BCUT2D eigenvalue weighted by molar-refractivity contribution is 6.99. The number of hydrogen-bond donors (Lipinski definition) is 0. The van der Waals surface area contributed by atoms with Gasteiger partial charge in [-0.05, 0) is 73.7 Å².